The Hall–Kier alpha value is -1.91. The van der Waals surface area contributed by atoms with Crippen LogP contribution in [0.5, 0.6) is 0 Å². The van der Waals surface area contributed by atoms with Crippen molar-refractivity contribution in [2.75, 3.05) is 5.73 Å². The molecule has 0 spiro atoms. The fourth-order valence-electron chi connectivity index (χ4n) is 0.878. The van der Waals surface area contributed by atoms with Gasteiger partial charge in [0.15, 0.2) is 5.82 Å². The summed E-state index contributed by atoms with van der Waals surface area (Å²) in [6, 6.07) is 3.42. The first-order chi connectivity index (χ1) is 5.86. The zero-order chi connectivity index (χ0) is 8.39. The Morgan fingerprint density at radius 1 is 1.17 bits per heavy atom. The van der Waals surface area contributed by atoms with E-state index in [2.05, 4.69) is 15.2 Å². The van der Waals surface area contributed by atoms with Crippen molar-refractivity contribution in [3.05, 3.63) is 30.7 Å². The van der Waals surface area contributed by atoms with Gasteiger partial charge in [0.1, 0.15) is 0 Å². The zero-order valence-electron chi connectivity index (χ0n) is 6.25. The largest absolute Gasteiger partial charge is 0.399 e. The molecule has 0 aliphatic rings. The van der Waals surface area contributed by atoms with Crippen molar-refractivity contribution in [3.63, 3.8) is 0 Å². The Bertz CT molecular complexity index is 367. The number of nitrogen functional groups attached to an aromatic ring is 1. The molecule has 0 bridgehead atoms. The van der Waals surface area contributed by atoms with E-state index < -0.39 is 0 Å². The molecule has 2 heterocycles. The number of hydrogen-bond acceptors (Lipinski definition) is 4. The Labute approximate surface area is 68.8 Å². The van der Waals surface area contributed by atoms with Crippen LogP contribution in [0.2, 0.25) is 0 Å². The topological polar surface area (TPSA) is 69.6 Å². The molecule has 2 aromatic rings. The van der Waals surface area contributed by atoms with Gasteiger partial charge < -0.3 is 5.73 Å². The van der Waals surface area contributed by atoms with Crippen molar-refractivity contribution in [2.24, 2.45) is 0 Å². The van der Waals surface area contributed by atoms with Crippen LogP contribution in [-0.2, 0) is 0 Å². The number of nitrogens with zero attached hydrogens (tertiary/aromatic N) is 4. The van der Waals surface area contributed by atoms with Gasteiger partial charge in [0.05, 0.1) is 12.4 Å². The number of nitrogens with two attached hydrogens (primary N) is 1. The highest BCUT2D eigenvalue weighted by molar-refractivity contribution is 5.41. The first-order valence-electron chi connectivity index (χ1n) is 3.44. The predicted molar refractivity (Wildman–Crippen MR) is 43.6 cm³/mol. The zero-order valence-corrected chi connectivity index (χ0v) is 6.25. The highest BCUT2D eigenvalue weighted by Gasteiger charge is 1.97. The molecule has 0 fully saturated rings. The second-order valence-corrected chi connectivity index (χ2v) is 2.27. The fourth-order valence-corrected chi connectivity index (χ4v) is 0.878. The summed E-state index contributed by atoms with van der Waals surface area (Å²) >= 11 is 0. The van der Waals surface area contributed by atoms with Crippen LogP contribution >= 0.6 is 0 Å². The lowest BCUT2D eigenvalue weighted by Gasteiger charge is -1.97. The molecule has 2 aromatic heterocycles. The molecule has 2 N–H and O–H groups in total. The number of aromatic nitrogens is 4. The van der Waals surface area contributed by atoms with E-state index in [1.54, 1.807) is 30.7 Å². The van der Waals surface area contributed by atoms with Crippen LogP contribution in [0.4, 0.5) is 5.69 Å². The summed E-state index contributed by atoms with van der Waals surface area (Å²) in [5, 5.41) is 7.83. The molecule has 0 amide bonds. The van der Waals surface area contributed by atoms with Crippen molar-refractivity contribution >= 4 is 5.69 Å². The first-order valence-corrected chi connectivity index (χ1v) is 3.44. The second-order valence-electron chi connectivity index (χ2n) is 2.27. The number of anilines is 1. The SMILES string of the molecule is Nc1ccnc(-n2nccn2)c1. The van der Waals surface area contributed by atoms with E-state index in [9.17, 15) is 0 Å². The van der Waals surface area contributed by atoms with E-state index >= 15 is 0 Å². The maximum atomic E-state index is 5.56. The van der Waals surface area contributed by atoms with Gasteiger partial charge in [-0.1, -0.05) is 0 Å². The maximum Gasteiger partial charge on any atom is 0.176 e. The van der Waals surface area contributed by atoms with E-state index in [0.29, 0.717) is 11.5 Å². The van der Waals surface area contributed by atoms with Gasteiger partial charge in [0.25, 0.3) is 0 Å². The van der Waals surface area contributed by atoms with Gasteiger partial charge in [0, 0.05) is 18.0 Å². The second kappa shape index (κ2) is 2.61. The normalized spacial score (nSPS) is 10.0. The molecule has 0 saturated carbocycles. The molecule has 5 heteroatoms. The van der Waals surface area contributed by atoms with Crippen LogP contribution in [0.1, 0.15) is 0 Å². The van der Waals surface area contributed by atoms with Gasteiger partial charge in [-0.3, -0.25) is 0 Å². The molecular weight excluding hydrogens is 154 g/mol. The fraction of sp³-hybridized carbons (Fsp3) is 0. The lowest BCUT2D eigenvalue weighted by atomic mass is 10.4. The average Bonchev–Trinajstić information content (AvgIpc) is 2.56. The molecule has 12 heavy (non-hydrogen) atoms. The number of pyridine rings is 1. The molecule has 2 rings (SSSR count). The van der Waals surface area contributed by atoms with Crippen molar-refractivity contribution in [1.29, 1.82) is 0 Å². The summed E-state index contributed by atoms with van der Waals surface area (Å²) in [4.78, 5) is 5.45. The standard InChI is InChI=1S/C7H7N5/c8-6-1-2-9-7(5-6)12-10-3-4-11-12/h1-5H,(H2,8,9). The van der Waals surface area contributed by atoms with Gasteiger partial charge in [-0.2, -0.15) is 10.2 Å². The van der Waals surface area contributed by atoms with Gasteiger partial charge in [0.2, 0.25) is 0 Å². The molecular formula is C7H7N5. The average molecular weight is 161 g/mol. The lowest BCUT2D eigenvalue weighted by molar-refractivity contribution is 0.730. The van der Waals surface area contributed by atoms with Crippen molar-refractivity contribution in [3.8, 4) is 5.82 Å². The number of hydrogen-bond donors (Lipinski definition) is 1. The van der Waals surface area contributed by atoms with Gasteiger partial charge in [-0.15, -0.1) is 4.80 Å². The summed E-state index contributed by atoms with van der Waals surface area (Å²) in [5.41, 5.74) is 6.21. The molecule has 0 atom stereocenters. The molecule has 5 nitrogen and oxygen atoms in total. The Morgan fingerprint density at radius 3 is 2.58 bits per heavy atom. The quantitative estimate of drug-likeness (QED) is 0.650. The third-order valence-corrected chi connectivity index (χ3v) is 1.39. The highest BCUT2D eigenvalue weighted by atomic mass is 15.5. The van der Waals surface area contributed by atoms with Gasteiger partial charge in [-0.05, 0) is 6.07 Å². The molecule has 0 aliphatic heterocycles. The molecule has 0 aliphatic carbocycles. The molecule has 0 unspecified atom stereocenters. The van der Waals surface area contributed by atoms with Crippen LogP contribution in [0.3, 0.4) is 0 Å². The minimum absolute atomic E-state index is 0.625. The maximum absolute atomic E-state index is 5.56. The van der Waals surface area contributed by atoms with Crippen molar-refractivity contribution in [2.45, 2.75) is 0 Å². The Balaban J connectivity index is 2.48. The van der Waals surface area contributed by atoms with E-state index in [-0.39, 0.29) is 0 Å². The molecule has 0 radical (unpaired) electrons. The highest BCUT2D eigenvalue weighted by Crippen LogP contribution is 2.04. The van der Waals surface area contributed by atoms with E-state index in [4.69, 9.17) is 5.73 Å². The molecule has 0 saturated heterocycles. The number of rotatable bonds is 1. The van der Waals surface area contributed by atoms with Crippen molar-refractivity contribution < 1.29 is 0 Å². The van der Waals surface area contributed by atoms with Crippen LogP contribution < -0.4 is 5.73 Å². The van der Waals surface area contributed by atoms with Crippen molar-refractivity contribution in [1.82, 2.24) is 20.0 Å². The van der Waals surface area contributed by atoms with Crippen LogP contribution in [0, 0.1) is 0 Å². The summed E-state index contributed by atoms with van der Waals surface area (Å²) in [7, 11) is 0. The van der Waals surface area contributed by atoms with Crippen LogP contribution in [0.15, 0.2) is 30.7 Å². The Morgan fingerprint density at radius 2 is 1.92 bits per heavy atom. The predicted octanol–water partition coefficient (Wildman–Crippen LogP) is 0.244. The van der Waals surface area contributed by atoms with Gasteiger partial charge in [-0.25, -0.2) is 4.98 Å². The van der Waals surface area contributed by atoms with E-state index in [0.717, 1.165) is 0 Å². The first kappa shape index (κ1) is 6.78. The summed E-state index contributed by atoms with van der Waals surface area (Å²) in [6.07, 6.45) is 4.80. The van der Waals surface area contributed by atoms with Crippen LogP contribution in [0.25, 0.3) is 5.82 Å². The van der Waals surface area contributed by atoms with Crippen LogP contribution in [-0.4, -0.2) is 20.0 Å². The van der Waals surface area contributed by atoms with E-state index in [1.807, 2.05) is 0 Å². The minimum atomic E-state index is 0.625. The third kappa shape index (κ3) is 1.12. The Kier molecular flexibility index (Phi) is 1.48. The molecule has 60 valence electrons. The van der Waals surface area contributed by atoms with E-state index in [1.165, 1.54) is 4.80 Å². The third-order valence-electron chi connectivity index (χ3n) is 1.39. The molecule has 0 aromatic carbocycles. The monoisotopic (exact) mass is 161 g/mol. The lowest BCUT2D eigenvalue weighted by Crippen LogP contribution is -2.01. The smallest absolute Gasteiger partial charge is 0.176 e. The summed E-state index contributed by atoms with van der Waals surface area (Å²) < 4.78 is 0. The summed E-state index contributed by atoms with van der Waals surface area (Å²) in [5.74, 6) is 0.625. The minimum Gasteiger partial charge on any atom is -0.399 e. The summed E-state index contributed by atoms with van der Waals surface area (Å²) in [6.45, 7) is 0. The van der Waals surface area contributed by atoms with Gasteiger partial charge >= 0.3 is 0 Å².